The van der Waals surface area contributed by atoms with Gasteiger partial charge in [0.2, 0.25) is 0 Å². The summed E-state index contributed by atoms with van der Waals surface area (Å²) in [6, 6.07) is 10.4. The quantitative estimate of drug-likeness (QED) is 0.646. The van der Waals surface area contributed by atoms with Crippen LogP contribution in [0.3, 0.4) is 0 Å². The minimum absolute atomic E-state index is 1.02. The third-order valence-corrected chi connectivity index (χ3v) is 1.71. The highest BCUT2D eigenvalue weighted by Crippen LogP contribution is 2.02. The lowest BCUT2D eigenvalue weighted by Crippen LogP contribution is -1.80. The van der Waals surface area contributed by atoms with E-state index in [1.54, 1.807) is 5.54 Å². The molecule has 0 aromatic heterocycles. The molecular formula is C10H11Cl. The molecule has 0 spiro atoms. The van der Waals surface area contributed by atoms with Crippen molar-refractivity contribution in [1.82, 2.24) is 0 Å². The summed E-state index contributed by atoms with van der Waals surface area (Å²) < 4.78 is 0. The zero-order valence-electron chi connectivity index (χ0n) is 6.33. The molecule has 0 unspecified atom stereocenters. The van der Waals surface area contributed by atoms with Gasteiger partial charge in [0.05, 0.1) is 0 Å². The van der Waals surface area contributed by atoms with E-state index in [0.717, 1.165) is 12.8 Å². The fraction of sp³-hybridized carbons (Fsp3) is 0.200. The first-order valence-corrected chi connectivity index (χ1v) is 4.16. The standard InChI is InChI=1S/C10H11Cl/c11-9-5-4-8-10-6-2-1-3-7-10/h1-3,5-7,9H,4,8H2. The second-order valence-electron chi connectivity index (χ2n) is 2.39. The van der Waals surface area contributed by atoms with Gasteiger partial charge >= 0.3 is 0 Å². The van der Waals surface area contributed by atoms with Crippen molar-refractivity contribution >= 4 is 11.6 Å². The summed E-state index contributed by atoms with van der Waals surface area (Å²) in [7, 11) is 0. The Bertz CT molecular complexity index is 214. The van der Waals surface area contributed by atoms with E-state index in [4.69, 9.17) is 11.6 Å². The van der Waals surface area contributed by atoms with Crippen LogP contribution < -0.4 is 0 Å². The van der Waals surface area contributed by atoms with Crippen LogP contribution in [-0.2, 0) is 6.42 Å². The third kappa shape index (κ3) is 3.24. The molecule has 0 fully saturated rings. The number of benzene rings is 1. The van der Waals surface area contributed by atoms with Crippen LogP contribution in [0.5, 0.6) is 0 Å². The number of rotatable bonds is 3. The zero-order chi connectivity index (χ0) is 7.94. The smallest absolute Gasteiger partial charge is 0.000257 e. The minimum Gasteiger partial charge on any atom is -0.0933 e. The van der Waals surface area contributed by atoms with E-state index in [0.29, 0.717) is 0 Å². The van der Waals surface area contributed by atoms with E-state index >= 15 is 0 Å². The molecule has 0 aliphatic heterocycles. The van der Waals surface area contributed by atoms with Crippen molar-refractivity contribution in [2.24, 2.45) is 0 Å². The van der Waals surface area contributed by atoms with Crippen LogP contribution in [0, 0.1) is 0 Å². The number of halogens is 1. The summed E-state index contributed by atoms with van der Waals surface area (Å²) in [5.41, 5.74) is 2.94. The molecule has 0 aliphatic rings. The van der Waals surface area contributed by atoms with Crippen LogP contribution in [0.4, 0.5) is 0 Å². The second kappa shape index (κ2) is 4.97. The molecule has 1 aromatic rings. The lowest BCUT2D eigenvalue weighted by molar-refractivity contribution is 1.00. The van der Waals surface area contributed by atoms with Gasteiger partial charge in [-0.15, -0.1) is 0 Å². The van der Waals surface area contributed by atoms with Crippen LogP contribution in [-0.4, -0.2) is 0 Å². The van der Waals surface area contributed by atoms with Crippen molar-refractivity contribution in [3.05, 3.63) is 47.5 Å². The maximum Gasteiger partial charge on any atom is 0.000257 e. The molecule has 1 aromatic carbocycles. The highest BCUT2D eigenvalue weighted by Gasteiger charge is 1.86. The van der Waals surface area contributed by atoms with Crippen molar-refractivity contribution < 1.29 is 0 Å². The van der Waals surface area contributed by atoms with Crippen molar-refractivity contribution in [2.75, 3.05) is 0 Å². The Morgan fingerprint density at radius 3 is 2.55 bits per heavy atom. The Morgan fingerprint density at radius 1 is 1.18 bits per heavy atom. The molecule has 0 bridgehead atoms. The van der Waals surface area contributed by atoms with Crippen LogP contribution in [0.1, 0.15) is 12.0 Å². The molecule has 0 atom stereocenters. The average Bonchev–Trinajstić information content (AvgIpc) is 2.07. The van der Waals surface area contributed by atoms with Gasteiger partial charge in [0, 0.05) is 5.54 Å². The highest BCUT2D eigenvalue weighted by atomic mass is 35.5. The molecule has 11 heavy (non-hydrogen) atoms. The number of allylic oxidation sites excluding steroid dienone is 1. The van der Waals surface area contributed by atoms with E-state index in [9.17, 15) is 0 Å². The van der Waals surface area contributed by atoms with Crippen molar-refractivity contribution in [3.63, 3.8) is 0 Å². The van der Waals surface area contributed by atoms with Crippen molar-refractivity contribution in [3.8, 4) is 0 Å². The average molecular weight is 167 g/mol. The van der Waals surface area contributed by atoms with E-state index in [1.807, 2.05) is 12.1 Å². The summed E-state index contributed by atoms with van der Waals surface area (Å²) in [4.78, 5) is 0. The molecule has 0 radical (unpaired) electrons. The Hall–Kier alpha value is -0.750. The molecule has 0 amide bonds. The lowest BCUT2D eigenvalue weighted by atomic mass is 10.1. The topological polar surface area (TPSA) is 0 Å². The molecule has 0 N–H and O–H groups in total. The van der Waals surface area contributed by atoms with E-state index in [1.165, 1.54) is 5.56 Å². The Labute approximate surface area is 72.5 Å². The SMILES string of the molecule is ClC=CCCc1ccccc1. The molecule has 1 heteroatoms. The first-order valence-electron chi connectivity index (χ1n) is 3.72. The van der Waals surface area contributed by atoms with Crippen LogP contribution in [0.25, 0.3) is 0 Å². The van der Waals surface area contributed by atoms with Gasteiger partial charge in [-0.2, -0.15) is 0 Å². The minimum atomic E-state index is 1.02. The summed E-state index contributed by atoms with van der Waals surface area (Å²) in [5.74, 6) is 0. The predicted octanol–water partition coefficient (Wildman–Crippen LogP) is 3.37. The van der Waals surface area contributed by atoms with E-state index in [-0.39, 0.29) is 0 Å². The molecule has 0 aliphatic carbocycles. The maximum atomic E-state index is 5.39. The zero-order valence-corrected chi connectivity index (χ0v) is 7.09. The Balaban J connectivity index is 2.39. The van der Waals surface area contributed by atoms with Crippen LogP contribution in [0.2, 0.25) is 0 Å². The molecule has 58 valence electrons. The van der Waals surface area contributed by atoms with Gasteiger partial charge in [0.15, 0.2) is 0 Å². The Morgan fingerprint density at radius 2 is 1.91 bits per heavy atom. The maximum absolute atomic E-state index is 5.39. The van der Waals surface area contributed by atoms with Gasteiger partial charge < -0.3 is 0 Å². The van der Waals surface area contributed by atoms with Crippen molar-refractivity contribution in [1.29, 1.82) is 0 Å². The Kier molecular flexibility index (Phi) is 3.77. The summed E-state index contributed by atoms with van der Waals surface area (Å²) in [6.45, 7) is 0. The molecule has 1 rings (SSSR count). The third-order valence-electron chi connectivity index (χ3n) is 1.53. The molecule has 0 heterocycles. The molecule has 0 saturated heterocycles. The van der Waals surface area contributed by atoms with E-state index < -0.39 is 0 Å². The molecule has 0 nitrogen and oxygen atoms in total. The molecule has 0 saturated carbocycles. The predicted molar refractivity (Wildman–Crippen MR) is 49.8 cm³/mol. The fourth-order valence-electron chi connectivity index (χ4n) is 0.958. The molecular weight excluding hydrogens is 156 g/mol. The van der Waals surface area contributed by atoms with Gasteiger partial charge in [-0.3, -0.25) is 0 Å². The summed E-state index contributed by atoms with van der Waals surface area (Å²) >= 11 is 5.39. The van der Waals surface area contributed by atoms with Gasteiger partial charge in [-0.25, -0.2) is 0 Å². The van der Waals surface area contributed by atoms with E-state index in [2.05, 4.69) is 24.3 Å². The van der Waals surface area contributed by atoms with Gasteiger partial charge in [0.25, 0.3) is 0 Å². The first-order chi connectivity index (χ1) is 5.43. The second-order valence-corrected chi connectivity index (χ2v) is 2.64. The number of hydrogen-bond donors (Lipinski definition) is 0. The highest BCUT2D eigenvalue weighted by molar-refractivity contribution is 6.25. The van der Waals surface area contributed by atoms with Gasteiger partial charge in [-0.1, -0.05) is 48.0 Å². The van der Waals surface area contributed by atoms with Crippen LogP contribution >= 0.6 is 11.6 Å². The number of aryl methyl sites for hydroxylation is 1. The summed E-state index contributed by atoms with van der Waals surface area (Å²) in [6.07, 6.45) is 4.06. The van der Waals surface area contributed by atoms with Gasteiger partial charge in [-0.05, 0) is 18.4 Å². The van der Waals surface area contributed by atoms with Gasteiger partial charge in [0.1, 0.15) is 0 Å². The first kappa shape index (κ1) is 8.35. The number of hydrogen-bond acceptors (Lipinski definition) is 0. The lowest BCUT2D eigenvalue weighted by Gasteiger charge is -1.94. The fourth-order valence-corrected chi connectivity index (χ4v) is 1.08. The normalized spacial score (nSPS) is 10.6. The van der Waals surface area contributed by atoms with Crippen molar-refractivity contribution in [2.45, 2.75) is 12.8 Å². The largest absolute Gasteiger partial charge is 0.0933 e. The van der Waals surface area contributed by atoms with Crippen LogP contribution in [0.15, 0.2) is 41.9 Å². The monoisotopic (exact) mass is 166 g/mol. The summed E-state index contributed by atoms with van der Waals surface area (Å²) in [5, 5.41) is 0.